The van der Waals surface area contributed by atoms with Crippen LogP contribution in [0.5, 0.6) is 0 Å². The van der Waals surface area contributed by atoms with Gasteiger partial charge in [0.25, 0.3) is 0 Å². The number of hydrogen-bond donors (Lipinski definition) is 2. The van der Waals surface area contributed by atoms with Crippen LogP contribution in [-0.4, -0.2) is 54.2 Å². The number of aliphatic hydroxyl groups is 1. The highest BCUT2D eigenvalue weighted by molar-refractivity contribution is 5.85. The first-order chi connectivity index (χ1) is 15.1. The van der Waals surface area contributed by atoms with E-state index < -0.39 is 12.0 Å². The van der Waals surface area contributed by atoms with Gasteiger partial charge < -0.3 is 20.1 Å². The highest BCUT2D eigenvalue weighted by Gasteiger charge is 2.45. The first-order valence-corrected chi connectivity index (χ1v) is 11.0. The summed E-state index contributed by atoms with van der Waals surface area (Å²) >= 11 is 0. The number of carbonyl (C=O) groups excluding carboxylic acids is 2. The molecule has 0 radical (unpaired) electrons. The molecule has 1 saturated heterocycles. The van der Waals surface area contributed by atoms with Crippen LogP contribution in [-0.2, 0) is 27.3 Å². The second kappa shape index (κ2) is 11.6. The van der Waals surface area contributed by atoms with Gasteiger partial charge in [-0.3, -0.25) is 9.59 Å². The summed E-state index contributed by atoms with van der Waals surface area (Å²) in [5.74, 6) is -1.05. The van der Waals surface area contributed by atoms with E-state index >= 15 is 0 Å². The van der Waals surface area contributed by atoms with Crippen molar-refractivity contribution < 1.29 is 19.4 Å². The van der Waals surface area contributed by atoms with E-state index in [-0.39, 0.29) is 24.4 Å². The molecule has 0 bridgehead atoms. The molecule has 1 fully saturated rings. The molecule has 0 spiro atoms. The van der Waals surface area contributed by atoms with Crippen LogP contribution in [0.2, 0.25) is 0 Å². The van der Waals surface area contributed by atoms with E-state index in [0.717, 1.165) is 12.0 Å². The summed E-state index contributed by atoms with van der Waals surface area (Å²) < 4.78 is 5.21. The van der Waals surface area contributed by atoms with Gasteiger partial charge in [0.2, 0.25) is 5.91 Å². The molecule has 1 amide bonds. The van der Waals surface area contributed by atoms with Crippen molar-refractivity contribution in [1.82, 2.24) is 10.2 Å². The van der Waals surface area contributed by atoms with Crippen molar-refractivity contribution in [2.75, 3.05) is 26.3 Å². The molecular formula is C25H32N2O4. The molecule has 31 heavy (non-hydrogen) atoms. The highest BCUT2D eigenvalue weighted by Crippen LogP contribution is 2.28. The summed E-state index contributed by atoms with van der Waals surface area (Å²) in [5.41, 5.74) is 2.23. The summed E-state index contributed by atoms with van der Waals surface area (Å²) in [6.07, 6.45) is 1.13. The molecule has 0 unspecified atom stereocenters. The topological polar surface area (TPSA) is 78.9 Å². The van der Waals surface area contributed by atoms with Gasteiger partial charge in [-0.15, -0.1) is 0 Å². The summed E-state index contributed by atoms with van der Waals surface area (Å²) in [6, 6.07) is 19.5. The number of esters is 1. The molecule has 6 heteroatoms. The molecule has 0 saturated carbocycles. The Morgan fingerprint density at radius 1 is 1.06 bits per heavy atom. The fourth-order valence-corrected chi connectivity index (χ4v) is 4.26. The molecule has 0 aromatic heterocycles. The van der Waals surface area contributed by atoms with Gasteiger partial charge in [0.15, 0.2) is 0 Å². The van der Waals surface area contributed by atoms with Gasteiger partial charge in [-0.05, 0) is 36.8 Å². The molecule has 1 aliphatic heterocycles. The van der Waals surface area contributed by atoms with Crippen molar-refractivity contribution in [2.24, 2.45) is 11.8 Å². The summed E-state index contributed by atoms with van der Waals surface area (Å²) in [5, 5.41) is 12.8. The van der Waals surface area contributed by atoms with Gasteiger partial charge in [-0.2, -0.15) is 0 Å². The van der Waals surface area contributed by atoms with Crippen LogP contribution in [0.3, 0.4) is 0 Å². The predicted octanol–water partition coefficient (Wildman–Crippen LogP) is 2.41. The number of carbonyl (C=O) groups is 2. The van der Waals surface area contributed by atoms with E-state index in [2.05, 4.69) is 17.4 Å². The fraction of sp³-hybridized carbons (Fsp3) is 0.440. The second-order valence-corrected chi connectivity index (χ2v) is 7.90. The van der Waals surface area contributed by atoms with Gasteiger partial charge in [-0.25, -0.2) is 0 Å². The number of nitrogens with one attached hydrogen (secondary N) is 1. The van der Waals surface area contributed by atoms with Crippen LogP contribution in [0.4, 0.5) is 0 Å². The van der Waals surface area contributed by atoms with Crippen molar-refractivity contribution in [3.63, 3.8) is 0 Å². The number of nitrogens with zero attached hydrogens (tertiary/aromatic N) is 1. The lowest BCUT2D eigenvalue weighted by Crippen LogP contribution is -2.47. The average molecular weight is 425 g/mol. The quantitative estimate of drug-likeness (QED) is 0.573. The Kier molecular flexibility index (Phi) is 8.62. The molecule has 1 aliphatic rings. The second-order valence-electron chi connectivity index (χ2n) is 7.90. The zero-order valence-electron chi connectivity index (χ0n) is 18.1. The maximum absolute atomic E-state index is 13.6. The maximum atomic E-state index is 13.6. The minimum atomic E-state index is -0.513. The van der Waals surface area contributed by atoms with Crippen LogP contribution < -0.4 is 5.32 Å². The molecule has 2 aromatic carbocycles. The van der Waals surface area contributed by atoms with Crippen molar-refractivity contribution >= 4 is 11.9 Å². The van der Waals surface area contributed by atoms with E-state index in [9.17, 15) is 14.7 Å². The SMILES string of the molecule is CCOC(=O)[C@H]1CN[C@H](C(=O)N(CCc2ccccc2)Cc2ccccc2)[C@@H]1CCO. The van der Waals surface area contributed by atoms with Crippen molar-refractivity contribution in [1.29, 1.82) is 0 Å². The Hall–Kier alpha value is -2.70. The van der Waals surface area contributed by atoms with Gasteiger partial charge in [0, 0.05) is 26.2 Å². The summed E-state index contributed by atoms with van der Waals surface area (Å²) in [6.45, 7) is 3.46. The zero-order valence-corrected chi connectivity index (χ0v) is 18.1. The standard InChI is InChI=1S/C25H32N2O4/c1-2-31-25(30)22-17-26-23(21(22)14-16-28)24(29)27(18-20-11-7-4-8-12-20)15-13-19-9-5-3-6-10-19/h3-12,21-23,26,28H,2,13-18H2,1H3/t21-,22+,23+/m1/s1. The molecule has 3 atom stereocenters. The Bertz CT molecular complexity index is 828. The molecule has 6 nitrogen and oxygen atoms in total. The lowest BCUT2D eigenvalue weighted by molar-refractivity contribution is -0.149. The lowest BCUT2D eigenvalue weighted by Gasteiger charge is -2.29. The van der Waals surface area contributed by atoms with E-state index in [1.807, 2.05) is 53.4 Å². The van der Waals surface area contributed by atoms with Crippen LogP contribution in [0.25, 0.3) is 0 Å². The minimum absolute atomic E-state index is 0.0370. The third kappa shape index (κ3) is 6.15. The number of hydrogen-bond acceptors (Lipinski definition) is 5. The average Bonchev–Trinajstić information content (AvgIpc) is 3.22. The number of rotatable bonds is 10. The first-order valence-electron chi connectivity index (χ1n) is 11.0. The van der Waals surface area contributed by atoms with Crippen LogP contribution >= 0.6 is 0 Å². The van der Waals surface area contributed by atoms with Crippen molar-refractivity contribution in [3.05, 3.63) is 71.8 Å². The number of benzene rings is 2. The van der Waals surface area contributed by atoms with Crippen LogP contribution in [0.1, 0.15) is 24.5 Å². The van der Waals surface area contributed by atoms with E-state index in [1.165, 1.54) is 5.56 Å². The third-order valence-electron chi connectivity index (χ3n) is 5.86. The van der Waals surface area contributed by atoms with Gasteiger partial charge in [-0.1, -0.05) is 60.7 Å². The number of amides is 1. The Morgan fingerprint density at radius 3 is 2.32 bits per heavy atom. The molecule has 3 rings (SSSR count). The molecule has 166 valence electrons. The minimum Gasteiger partial charge on any atom is -0.466 e. The lowest BCUT2D eigenvalue weighted by atomic mass is 9.87. The molecular weight excluding hydrogens is 392 g/mol. The van der Waals surface area contributed by atoms with Crippen molar-refractivity contribution in [2.45, 2.75) is 32.4 Å². The normalized spacial score (nSPS) is 20.4. The number of aliphatic hydroxyl groups excluding tert-OH is 1. The maximum Gasteiger partial charge on any atom is 0.310 e. The number of ether oxygens (including phenoxy) is 1. The highest BCUT2D eigenvalue weighted by atomic mass is 16.5. The van der Waals surface area contributed by atoms with Crippen molar-refractivity contribution in [3.8, 4) is 0 Å². The smallest absolute Gasteiger partial charge is 0.310 e. The van der Waals surface area contributed by atoms with E-state index in [0.29, 0.717) is 32.7 Å². The van der Waals surface area contributed by atoms with Gasteiger partial charge in [0.05, 0.1) is 18.6 Å². The largest absolute Gasteiger partial charge is 0.466 e. The van der Waals surface area contributed by atoms with Gasteiger partial charge >= 0.3 is 5.97 Å². The van der Waals surface area contributed by atoms with E-state index in [4.69, 9.17) is 4.74 Å². The third-order valence-corrected chi connectivity index (χ3v) is 5.86. The molecule has 2 N–H and O–H groups in total. The summed E-state index contributed by atoms with van der Waals surface area (Å²) in [7, 11) is 0. The van der Waals surface area contributed by atoms with Gasteiger partial charge in [0.1, 0.15) is 0 Å². The monoisotopic (exact) mass is 424 g/mol. The van der Waals surface area contributed by atoms with Crippen LogP contribution in [0, 0.1) is 11.8 Å². The Labute approximate surface area is 184 Å². The molecule has 1 heterocycles. The molecule has 2 aromatic rings. The first kappa shape index (κ1) is 23.0. The Morgan fingerprint density at radius 2 is 1.71 bits per heavy atom. The summed E-state index contributed by atoms with van der Waals surface area (Å²) in [4.78, 5) is 27.9. The molecule has 0 aliphatic carbocycles. The zero-order chi connectivity index (χ0) is 22.1. The van der Waals surface area contributed by atoms with E-state index in [1.54, 1.807) is 6.92 Å². The van der Waals surface area contributed by atoms with Crippen LogP contribution in [0.15, 0.2) is 60.7 Å². The Balaban J connectivity index is 1.77. The fourth-order valence-electron chi connectivity index (χ4n) is 4.26. The predicted molar refractivity (Wildman–Crippen MR) is 119 cm³/mol.